The minimum Gasteiger partial charge on any atom is -0.383 e. The molecular formula is C12H17ClN2O2. The van der Waals surface area contributed by atoms with Gasteiger partial charge >= 0.3 is 0 Å². The van der Waals surface area contributed by atoms with Crippen molar-refractivity contribution in [2.24, 2.45) is 0 Å². The fourth-order valence-electron chi connectivity index (χ4n) is 1.31. The summed E-state index contributed by atoms with van der Waals surface area (Å²) in [4.78, 5) is 11.6. The summed E-state index contributed by atoms with van der Waals surface area (Å²) in [5, 5.41) is 6.26. The van der Waals surface area contributed by atoms with E-state index in [1.807, 2.05) is 19.1 Å². The van der Waals surface area contributed by atoms with E-state index in [2.05, 4.69) is 10.6 Å². The number of anilines is 1. The molecule has 0 atom stereocenters. The molecule has 0 aliphatic heterocycles. The number of carbonyl (C=O) groups is 1. The van der Waals surface area contributed by atoms with Gasteiger partial charge in [0.1, 0.15) is 0 Å². The molecule has 0 aliphatic rings. The zero-order valence-corrected chi connectivity index (χ0v) is 10.8. The van der Waals surface area contributed by atoms with Crippen LogP contribution in [0.2, 0.25) is 5.02 Å². The number of hydrogen-bond acceptors (Lipinski definition) is 3. The third-order valence-corrected chi connectivity index (χ3v) is 2.49. The predicted octanol–water partition coefficient (Wildman–Crippen LogP) is 1.82. The van der Waals surface area contributed by atoms with Gasteiger partial charge in [0.2, 0.25) is 5.91 Å². The van der Waals surface area contributed by atoms with Crippen molar-refractivity contribution in [2.75, 3.05) is 32.1 Å². The van der Waals surface area contributed by atoms with E-state index < -0.39 is 0 Å². The first kappa shape index (κ1) is 14.0. The van der Waals surface area contributed by atoms with Crippen molar-refractivity contribution in [2.45, 2.75) is 6.92 Å². The monoisotopic (exact) mass is 256 g/mol. The summed E-state index contributed by atoms with van der Waals surface area (Å²) in [6, 6.07) is 5.51. The Hall–Kier alpha value is -1.10. The summed E-state index contributed by atoms with van der Waals surface area (Å²) in [6.07, 6.45) is 0. The van der Waals surface area contributed by atoms with Crippen molar-refractivity contribution in [1.82, 2.24) is 5.32 Å². The number of amides is 1. The molecule has 1 amide bonds. The lowest BCUT2D eigenvalue weighted by Gasteiger charge is -2.08. The van der Waals surface area contributed by atoms with E-state index in [4.69, 9.17) is 16.3 Å². The van der Waals surface area contributed by atoms with E-state index in [0.29, 0.717) is 23.9 Å². The standard InChI is InChI=1S/C12H17ClN2O2/c1-9-3-4-10(13)11(7-9)15-12(16)8-14-5-6-17-2/h3-4,7,14H,5-6,8H2,1-2H3,(H,15,16). The second kappa shape index (κ2) is 7.27. The third kappa shape index (κ3) is 5.17. The van der Waals surface area contributed by atoms with Crippen molar-refractivity contribution in [3.05, 3.63) is 28.8 Å². The van der Waals surface area contributed by atoms with E-state index in [9.17, 15) is 4.79 Å². The van der Waals surface area contributed by atoms with Crippen LogP contribution in [0.25, 0.3) is 0 Å². The quantitative estimate of drug-likeness (QED) is 0.764. The van der Waals surface area contributed by atoms with Crippen molar-refractivity contribution in [3.8, 4) is 0 Å². The van der Waals surface area contributed by atoms with Crippen LogP contribution in [0.4, 0.5) is 5.69 Å². The van der Waals surface area contributed by atoms with E-state index in [-0.39, 0.29) is 12.5 Å². The second-order valence-electron chi connectivity index (χ2n) is 3.70. The van der Waals surface area contributed by atoms with Crippen LogP contribution in [0.1, 0.15) is 5.56 Å². The smallest absolute Gasteiger partial charge is 0.238 e. The zero-order chi connectivity index (χ0) is 12.7. The highest BCUT2D eigenvalue weighted by molar-refractivity contribution is 6.33. The van der Waals surface area contributed by atoms with Gasteiger partial charge in [0.05, 0.1) is 23.9 Å². The molecular weight excluding hydrogens is 240 g/mol. The molecule has 0 unspecified atom stereocenters. The van der Waals surface area contributed by atoms with Crippen molar-refractivity contribution < 1.29 is 9.53 Å². The summed E-state index contributed by atoms with van der Waals surface area (Å²) in [5.41, 5.74) is 1.70. The molecule has 2 N–H and O–H groups in total. The molecule has 0 spiro atoms. The van der Waals surface area contributed by atoms with E-state index in [0.717, 1.165) is 5.56 Å². The molecule has 0 radical (unpaired) electrons. The third-order valence-electron chi connectivity index (χ3n) is 2.16. The maximum Gasteiger partial charge on any atom is 0.238 e. The lowest BCUT2D eigenvalue weighted by atomic mass is 10.2. The Kier molecular flexibility index (Phi) is 5.97. The minimum absolute atomic E-state index is 0.117. The number of ether oxygens (including phenoxy) is 1. The molecule has 5 heteroatoms. The SMILES string of the molecule is COCCNCC(=O)Nc1cc(C)ccc1Cl. The lowest BCUT2D eigenvalue weighted by Crippen LogP contribution is -2.30. The van der Waals surface area contributed by atoms with Gasteiger partial charge in [-0.15, -0.1) is 0 Å². The van der Waals surface area contributed by atoms with Crippen LogP contribution in [-0.2, 0) is 9.53 Å². The number of methoxy groups -OCH3 is 1. The molecule has 1 rings (SSSR count). The molecule has 0 bridgehead atoms. The van der Waals surface area contributed by atoms with Crippen LogP contribution in [0.15, 0.2) is 18.2 Å². The highest BCUT2D eigenvalue weighted by atomic mass is 35.5. The number of halogens is 1. The van der Waals surface area contributed by atoms with Gasteiger partial charge < -0.3 is 15.4 Å². The minimum atomic E-state index is -0.117. The van der Waals surface area contributed by atoms with E-state index in [1.54, 1.807) is 13.2 Å². The van der Waals surface area contributed by atoms with Crippen LogP contribution >= 0.6 is 11.6 Å². The molecule has 4 nitrogen and oxygen atoms in total. The highest BCUT2D eigenvalue weighted by Gasteiger charge is 2.05. The molecule has 94 valence electrons. The Labute approximate surface area is 106 Å². The van der Waals surface area contributed by atoms with Crippen molar-refractivity contribution in [3.63, 3.8) is 0 Å². The van der Waals surface area contributed by atoms with Gasteiger partial charge in [-0.25, -0.2) is 0 Å². The molecule has 1 aromatic rings. The Morgan fingerprint density at radius 2 is 2.24 bits per heavy atom. The number of hydrogen-bond donors (Lipinski definition) is 2. The highest BCUT2D eigenvalue weighted by Crippen LogP contribution is 2.22. The van der Waals surface area contributed by atoms with Gasteiger partial charge in [-0.1, -0.05) is 17.7 Å². The maximum atomic E-state index is 11.6. The zero-order valence-electron chi connectivity index (χ0n) is 10.0. The lowest BCUT2D eigenvalue weighted by molar-refractivity contribution is -0.115. The van der Waals surface area contributed by atoms with Crippen LogP contribution in [0, 0.1) is 6.92 Å². The first-order valence-corrected chi connectivity index (χ1v) is 5.77. The number of carbonyl (C=O) groups excluding carboxylic acids is 1. The van der Waals surface area contributed by atoms with Gasteiger partial charge in [-0.2, -0.15) is 0 Å². The molecule has 0 saturated carbocycles. The molecule has 0 aliphatic carbocycles. The molecule has 17 heavy (non-hydrogen) atoms. The molecule has 0 aromatic heterocycles. The molecule has 0 fully saturated rings. The topological polar surface area (TPSA) is 50.4 Å². The number of benzene rings is 1. The molecule has 0 saturated heterocycles. The number of nitrogens with one attached hydrogen (secondary N) is 2. The van der Waals surface area contributed by atoms with Crippen LogP contribution in [0.5, 0.6) is 0 Å². The Morgan fingerprint density at radius 1 is 1.47 bits per heavy atom. The summed E-state index contributed by atoms with van der Waals surface area (Å²) in [5.74, 6) is -0.117. The number of aryl methyl sites for hydroxylation is 1. The normalized spacial score (nSPS) is 10.3. The predicted molar refractivity (Wildman–Crippen MR) is 69.6 cm³/mol. The Bertz CT molecular complexity index is 383. The summed E-state index contributed by atoms with van der Waals surface area (Å²) >= 11 is 5.97. The summed E-state index contributed by atoms with van der Waals surface area (Å²) < 4.78 is 4.86. The van der Waals surface area contributed by atoms with Crippen LogP contribution in [0.3, 0.4) is 0 Å². The van der Waals surface area contributed by atoms with E-state index >= 15 is 0 Å². The van der Waals surface area contributed by atoms with E-state index in [1.165, 1.54) is 0 Å². The van der Waals surface area contributed by atoms with Gasteiger partial charge in [0, 0.05) is 13.7 Å². The molecule has 1 aromatic carbocycles. The fraction of sp³-hybridized carbons (Fsp3) is 0.417. The first-order chi connectivity index (χ1) is 8.13. The van der Waals surface area contributed by atoms with Crippen molar-refractivity contribution in [1.29, 1.82) is 0 Å². The number of rotatable bonds is 6. The Balaban J connectivity index is 2.42. The summed E-state index contributed by atoms with van der Waals surface area (Å²) in [6.45, 7) is 3.42. The largest absolute Gasteiger partial charge is 0.383 e. The first-order valence-electron chi connectivity index (χ1n) is 5.39. The van der Waals surface area contributed by atoms with Gasteiger partial charge in [0.15, 0.2) is 0 Å². The van der Waals surface area contributed by atoms with Gasteiger partial charge in [0.25, 0.3) is 0 Å². The van der Waals surface area contributed by atoms with Gasteiger partial charge in [-0.3, -0.25) is 4.79 Å². The summed E-state index contributed by atoms with van der Waals surface area (Å²) in [7, 11) is 1.62. The average Bonchev–Trinajstić information content (AvgIpc) is 2.29. The molecule has 0 heterocycles. The maximum absolute atomic E-state index is 11.6. The van der Waals surface area contributed by atoms with Crippen LogP contribution in [-0.4, -0.2) is 32.7 Å². The Morgan fingerprint density at radius 3 is 2.94 bits per heavy atom. The van der Waals surface area contributed by atoms with Crippen molar-refractivity contribution >= 4 is 23.2 Å². The average molecular weight is 257 g/mol. The fourth-order valence-corrected chi connectivity index (χ4v) is 1.47. The van der Waals surface area contributed by atoms with Gasteiger partial charge in [-0.05, 0) is 24.6 Å². The van der Waals surface area contributed by atoms with Crippen LogP contribution < -0.4 is 10.6 Å². The second-order valence-corrected chi connectivity index (χ2v) is 4.11.